The maximum Gasteiger partial charge on any atom is 0.410 e. The van der Waals surface area contributed by atoms with Crippen molar-refractivity contribution in [3.63, 3.8) is 0 Å². The summed E-state index contributed by atoms with van der Waals surface area (Å²) in [6.45, 7) is 7.42. The zero-order valence-corrected chi connectivity index (χ0v) is 21.2. The lowest BCUT2D eigenvalue weighted by Gasteiger charge is -2.35. The Labute approximate surface area is 202 Å². The van der Waals surface area contributed by atoms with E-state index in [0.717, 1.165) is 25.9 Å². The first-order valence-electron chi connectivity index (χ1n) is 11.6. The fraction of sp³-hybridized carbons (Fsp3) is 0.696. The lowest BCUT2D eigenvalue weighted by atomic mass is 9.88. The summed E-state index contributed by atoms with van der Waals surface area (Å²) in [6, 6.07) is 5.80. The number of ether oxygens (including phenoxy) is 3. The fourth-order valence-corrected chi connectivity index (χ4v) is 5.03. The van der Waals surface area contributed by atoms with E-state index >= 15 is 0 Å². The molecule has 0 saturated carbocycles. The normalized spacial score (nSPS) is 21.3. The Hall–Kier alpha value is -1.92. The molecule has 10 nitrogen and oxygen atoms in total. The number of benzene rings is 1. The monoisotopic (exact) mass is 499 g/mol. The van der Waals surface area contributed by atoms with Gasteiger partial charge in [0.25, 0.3) is 0 Å². The maximum absolute atomic E-state index is 13.0. The first-order valence-corrected chi connectivity index (χ1v) is 13.1. The largest absolute Gasteiger partial charge is 0.491 e. The smallest absolute Gasteiger partial charge is 0.410 e. The van der Waals surface area contributed by atoms with Crippen LogP contribution in [0.15, 0.2) is 29.2 Å². The minimum atomic E-state index is -3.61. The summed E-state index contributed by atoms with van der Waals surface area (Å²) < 4.78 is 43.7. The van der Waals surface area contributed by atoms with Crippen LogP contribution < -0.4 is 14.8 Å². The lowest BCUT2D eigenvalue weighted by Crippen LogP contribution is -2.49. The van der Waals surface area contributed by atoms with Crippen LogP contribution in [-0.4, -0.2) is 87.8 Å². The summed E-state index contributed by atoms with van der Waals surface area (Å²) in [7, 11) is -2.28. The number of nitrogens with zero attached hydrogens (tertiary/aromatic N) is 1. The van der Waals surface area contributed by atoms with Gasteiger partial charge >= 0.3 is 6.09 Å². The fourth-order valence-electron chi connectivity index (χ4n) is 4.27. The van der Waals surface area contributed by atoms with Crippen LogP contribution in [0.25, 0.3) is 0 Å². The number of aliphatic hydroxyl groups is 1. The average molecular weight is 500 g/mol. The second-order valence-electron chi connectivity index (χ2n) is 9.88. The number of amides is 1. The molecule has 2 heterocycles. The van der Waals surface area contributed by atoms with E-state index in [1.54, 1.807) is 32.9 Å². The molecule has 2 saturated heterocycles. The summed E-state index contributed by atoms with van der Waals surface area (Å²) >= 11 is 0. The van der Waals surface area contributed by atoms with Gasteiger partial charge < -0.3 is 29.5 Å². The first kappa shape index (κ1) is 26.7. The number of aliphatic hydroxyl groups excluding tert-OH is 1. The zero-order chi connectivity index (χ0) is 25.0. The van der Waals surface area contributed by atoms with Gasteiger partial charge in [0, 0.05) is 6.07 Å². The van der Waals surface area contributed by atoms with E-state index in [-0.39, 0.29) is 29.7 Å². The molecular weight excluding hydrogens is 462 g/mol. The average Bonchev–Trinajstić information content (AvgIpc) is 3.18. The van der Waals surface area contributed by atoms with Gasteiger partial charge in [-0.2, -0.15) is 0 Å². The summed E-state index contributed by atoms with van der Waals surface area (Å²) in [6.07, 6.45) is 0.924. The van der Waals surface area contributed by atoms with Gasteiger partial charge in [-0.05, 0) is 72.3 Å². The summed E-state index contributed by atoms with van der Waals surface area (Å²) in [5.41, 5.74) is -0.932. The Bertz CT molecular complexity index is 942. The third kappa shape index (κ3) is 7.05. The van der Waals surface area contributed by atoms with Gasteiger partial charge in [0.2, 0.25) is 10.0 Å². The highest BCUT2D eigenvalue weighted by Gasteiger charge is 2.45. The van der Waals surface area contributed by atoms with Crippen molar-refractivity contribution in [3.05, 3.63) is 24.3 Å². The van der Waals surface area contributed by atoms with Crippen LogP contribution in [0.3, 0.4) is 0 Å². The molecule has 1 spiro atoms. The third-order valence-corrected chi connectivity index (χ3v) is 7.42. The molecule has 3 rings (SSSR count). The number of hydrogen-bond acceptors (Lipinski definition) is 8. The van der Waals surface area contributed by atoms with Gasteiger partial charge in [0.1, 0.15) is 24.1 Å². The molecule has 0 radical (unpaired) electrons. The molecular formula is C23H37N3O7S. The highest BCUT2D eigenvalue weighted by Crippen LogP contribution is 2.36. The van der Waals surface area contributed by atoms with E-state index in [9.17, 15) is 18.3 Å². The molecule has 3 N–H and O–H groups in total. The highest BCUT2D eigenvalue weighted by molar-refractivity contribution is 7.89. The van der Waals surface area contributed by atoms with Crippen molar-refractivity contribution in [2.24, 2.45) is 0 Å². The number of piperidine rings is 1. The number of nitrogens with one attached hydrogen (secondary N) is 2. The van der Waals surface area contributed by atoms with Gasteiger partial charge in [-0.1, -0.05) is 6.07 Å². The number of sulfonamides is 1. The minimum absolute atomic E-state index is 0.00573. The van der Waals surface area contributed by atoms with Crippen LogP contribution >= 0.6 is 0 Å². The predicted molar refractivity (Wildman–Crippen MR) is 126 cm³/mol. The second-order valence-corrected chi connectivity index (χ2v) is 11.8. The van der Waals surface area contributed by atoms with Crippen LogP contribution in [0.1, 0.15) is 40.0 Å². The standard InChI is InChI=1S/C23H37N3O7S/c1-22(2,3)33-21(28)26(17-13-23(32-15-17)8-10-25-11-9-23)14-18(27)16-31-19-6-5-7-20(12-19)34(29,30)24-4/h5-7,12,17-18,24-25,27H,8-11,13-16H2,1-4H3/t17-,18+/m1/s1. The van der Waals surface area contributed by atoms with Crippen molar-refractivity contribution in [1.29, 1.82) is 0 Å². The highest BCUT2D eigenvalue weighted by atomic mass is 32.2. The molecule has 2 aliphatic rings. The van der Waals surface area contributed by atoms with Crippen LogP contribution in [0, 0.1) is 0 Å². The van der Waals surface area contributed by atoms with E-state index < -0.39 is 27.8 Å². The van der Waals surface area contributed by atoms with E-state index in [1.165, 1.54) is 24.1 Å². The van der Waals surface area contributed by atoms with E-state index in [2.05, 4.69) is 10.0 Å². The Morgan fingerprint density at radius 2 is 2.06 bits per heavy atom. The van der Waals surface area contributed by atoms with Crippen molar-refractivity contribution >= 4 is 16.1 Å². The first-order chi connectivity index (χ1) is 15.9. The SMILES string of the molecule is CNS(=O)(=O)c1cccc(OC[C@@H](O)CN(C(=O)OC(C)(C)C)[C@H]2COC3(CCNCC3)C2)c1. The molecule has 2 fully saturated rings. The van der Waals surface area contributed by atoms with Gasteiger partial charge in [0.15, 0.2) is 0 Å². The quantitative estimate of drug-likeness (QED) is 0.491. The van der Waals surface area contributed by atoms with Gasteiger partial charge in [-0.15, -0.1) is 0 Å². The molecule has 1 aromatic rings. The van der Waals surface area contributed by atoms with Crippen molar-refractivity contribution in [1.82, 2.24) is 14.9 Å². The second kappa shape index (κ2) is 10.8. The molecule has 192 valence electrons. The minimum Gasteiger partial charge on any atom is -0.491 e. The van der Waals surface area contributed by atoms with Crippen LogP contribution in [0.5, 0.6) is 5.75 Å². The molecule has 0 unspecified atom stereocenters. The topological polar surface area (TPSA) is 126 Å². The van der Waals surface area contributed by atoms with Crippen LogP contribution in [0.2, 0.25) is 0 Å². The Morgan fingerprint density at radius 3 is 2.71 bits per heavy atom. The molecule has 0 bridgehead atoms. The van der Waals surface area contributed by atoms with Crippen molar-refractivity contribution < 1.29 is 32.5 Å². The summed E-state index contributed by atoms with van der Waals surface area (Å²) in [5, 5.41) is 14.0. The summed E-state index contributed by atoms with van der Waals surface area (Å²) in [5.74, 6) is 0.303. The Kier molecular flexibility index (Phi) is 8.46. The maximum atomic E-state index is 13.0. The number of carbonyl (C=O) groups excluding carboxylic acids is 1. The summed E-state index contributed by atoms with van der Waals surface area (Å²) in [4.78, 5) is 14.6. The molecule has 34 heavy (non-hydrogen) atoms. The Balaban J connectivity index is 1.66. The van der Waals surface area contributed by atoms with E-state index in [0.29, 0.717) is 18.8 Å². The zero-order valence-electron chi connectivity index (χ0n) is 20.4. The molecule has 1 aromatic carbocycles. The van der Waals surface area contributed by atoms with E-state index in [1.807, 2.05) is 0 Å². The van der Waals surface area contributed by atoms with Crippen molar-refractivity contribution in [2.75, 3.05) is 39.9 Å². The molecule has 11 heteroatoms. The Morgan fingerprint density at radius 1 is 1.35 bits per heavy atom. The van der Waals surface area contributed by atoms with E-state index in [4.69, 9.17) is 14.2 Å². The van der Waals surface area contributed by atoms with Crippen molar-refractivity contribution in [3.8, 4) is 5.75 Å². The van der Waals surface area contributed by atoms with Crippen LogP contribution in [0.4, 0.5) is 4.79 Å². The number of hydrogen-bond donors (Lipinski definition) is 3. The van der Waals surface area contributed by atoms with Gasteiger partial charge in [0.05, 0.1) is 29.7 Å². The number of rotatable bonds is 8. The lowest BCUT2D eigenvalue weighted by molar-refractivity contribution is -0.0227. The van der Waals surface area contributed by atoms with Crippen LogP contribution in [-0.2, 0) is 19.5 Å². The molecule has 1 amide bonds. The van der Waals surface area contributed by atoms with Gasteiger partial charge in [-0.3, -0.25) is 0 Å². The van der Waals surface area contributed by atoms with Crippen molar-refractivity contribution in [2.45, 2.75) is 68.3 Å². The predicted octanol–water partition coefficient (Wildman–Crippen LogP) is 1.48. The number of carbonyl (C=O) groups is 1. The molecule has 2 aliphatic heterocycles. The molecule has 2 atom stereocenters. The van der Waals surface area contributed by atoms with Gasteiger partial charge in [-0.25, -0.2) is 17.9 Å². The third-order valence-electron chi connectivity index (χ3n) is 6.01. The molecule has 0 aliphatic carbocycles. The molecule has 0 aromatic heterocycles.